The number of hydrogen-bond donors (Lipinski definition) is 2. The van der Waals surface area contributed by atoms with Crippen LogP contribution in [-0.2, 0) is 10.0 Å². The fraction of sp³-hybridized carbons (Fsp3) is 0.421. The summed E-state index contributed by atoms with van der Waals surface area (Å²) in [7, 11) is -3.61. The molecule has 27 heavy (non-hydrogen) atoms. The molecule has 2 aromatic rings. The second-order valence-corrected chi connectivity index (χ2v) is 9.69. The minimum Gasteiger partial charge on any atom is -0.353 e. The van der Waals surface area contributed by atoms with Crippen LogP contribution in [0, 0.1) is 20.8 Å². The number of halogens is 1. The Hall–Kier alpha value is -1.64. The van der Waals surface area contributed by atoms with Crippen LogP contribution in [0.15, 0.2) is 27.6 Å². The summed E-state index contributed by atoms with van der Waals surface area (Å²) in [6.45, 7) is 6.39. The molecule has 0 unspecified atom stereocenters. The molecule has 3 rings (SSSR count). The van der Waals surface area contributed by atoms with Gasteiger partial charge in [0.1, 0.15) is 10.6 Å². The molecule has 1 amide bonds. The summed E-state index contributed by atoms with van der Waals surface area (Å²) in [6, 6.07) is 5.52. The summed E-state index contributed by atoms with van der Waals surface area (Å²) >= 11 is 3.43. The van der Waals surface area contributed by atoms with Gasteiger partial charge in [-0.15, -0.1) is 0 Å². The lowest BCUT2D eigenvalue weighted by Crippen LogP contribution is -2.36. The first-order valence-electron chi connectivity index (χ1n) is 8.98. The predicted molar refractivity (Wildman–Crippen MR) is 110 cm³/mol. The number of aromatic amines is 1. The highest BCUT2D eigenvalue weighted by molar-refractivity contribution is 9.10. The number of aromatic nitrogens is 1. The summed E-state index contributed by atoms with van der Waals surface area (Å²) in [5.41, 5.74) is 2.90. The summed E-state index contributed by atoms with van der Waals surface area (Å²) in [5, 5.41) is 2.84. The topological polar surface area (TPSA) is 82.3 Å². The number of rotatable bonds is 4. The standard InChI is InChI=1S/C19H24BrN3O3S/c1-12-11-15(7-8-16(12)20)22-19(24)17-13(2)18(14(3)21-17)27(25,26)23-9-5-4-6-10-23/h7-8,11,21H,4-6,9-10H2,1-3H3,(H,22,24). The van der Waals surface area contributed by atoms with E-state index >= 15 is 0 Å². The third-order valence-corrected chi connectivity index (χ3v) is 7.99. The molecule has 146 valence electrons. The lowest BCUT2D eigenvalue weighted by molar-refractivity contribution is 0.102. The zero-order valence-electron chi connectivity index (χ0n) is 15.7. The molecule has 0 bridgehead atoms. The number of benzene rings is 1. The number of carbonyl (C=O) groups excluding carboxylic acids is 1. The monoisotopic (exact) mass is 453 g/mol. The molecule has 0 spiro atoms. The normalized spacial score (nSPS) is 15.7. The van der Waals surface area contributed by atoms with Crippen molar-refractivity contribution in [3.8, 4) is 0 Å². The van der Waals surface area contributed by atoms with Gasteiger partial charge in [0.15, 0.2) is 0 Å². The van der Waals surface area contributed by atoms with Gasteiger partial charge in [0.25, 0.3) is 5.91 Å². The van der Waals surface area contributed by atoms with Crippen molar-refractivity contribution in [2.45, 2.75) is 44.9 Å². The highest BCUT2D eigenvalue weighted by Gasteiger charge is 2.32. The number of sulfonamides is 1. The zero-order chi connectivity index (χ0) is 19.8. The third-order valence-electron chi connectivity index (χ3n) is 4.92. The zero-order valence-corrected chi connectivity index (χ0v) is 18.1. The van der Waals surface area contributed by atoms with E-state index in [1.54, 1.807) is 19.9 Å². The lowest BCUT2D eigenvalue weighted by atomic mass is 10.2. The van der Waals surface area contributed by atoms with Gasteiger partial charge in [-0.1, -0.05) is 22.4 Å². The van der Waals surface area contributed by atoms with Crippen molar-refractivity contribution in [1.29, 1.82) is 0 Å². The van der Waals surface area contributed by atoms with Gasteiger partial charge in [0.2, 0.25) is 10.0 Å². The average Bonchev–Trinajstić information content (AvgIpc) is 2.94. The average molecular weight is 454 g/mol. The molecule has 0 radical (unpaired) electrons. The number of carbonyl (C=O) groups is 1. The van der Waals surface area contributed by atoms with Crippen LogP contribution in [-0.4, -0.2) is 36.7 Å². The maximum absolute atomic E-state index is 13.1. The number of hydrogen-bond acceptors (Lipinski definition) is 3. The van der Waals surface area contributed by atoms with Crippen molar-refractivity contribution in [2.24, 2.45) is 0 Å². The molecule has 2 N–H and O–H groups in total. The Labute approximate surface area is 168 Å². The Morgan fingerprint density at radius 3 is 2.44 bits per heavy atom. The van der Waals surface area contributed by atoms with Crippen molar-refractivity contribution in [2.75, 3.05) is 18.4 Å². The quantitative estimate of drug-likeness (QED) is 0.729. The van der Waals surface area contributed by atoms with E-state index in [9.17, 15) is 13.2 Å². The van der Waals surface area contributed by atoms with Gasteiger partial charge in [-0.3, -0.25) is 4.79 Å². The van der Waals surface area contributed by atoms with E-state index < -0.39 is 10.0 Å². The number of nitrogens with zero attached hydrogens (tertiary/aromatic N) is 1. The molecule has 8 heteroatoms. The van der Waals surface area contributed by atoms with E-state index in [0.29, 0.717) is 30.0 Å². The van der Waals surface area contributed by atoms with Crippen molar-refractivity contribution < 1.29 is 13.2 Å². The van der Waals surface area contributed by atoms with Crippen LogP contribution < -0.4 is 5.32 Å². The van der Waals surface area contributed by atoms with Gasteiger partial charge in [-0.2, -0.15) is 4.31 Å². The minimum atomic E-state index is -3.61. The first kappa shape index (κ1) is 20.1. The van der Waals surface area contributed by atoms with E-state index in [2.05, 4.69) is 26.2 Å². The molecule has 1 saturated heterocycles. The van der Waals surface area contributed by atoms with Gasteiger partial charge in [-0.05, 0) is 62.9 Å². The second-order valence-electron chi connectivity index (χ2n) is 6.96. The number of anilines is 1. The molecule has 1 aromatic heterocycles. The van der Waals surface area contributed by atoms with Gasteiger partial charge >= 0.3 is 0 Å². The number of amides is 1. The predicted octanol–water partition coefficient (Wildman–Crippen LogP) is 4.13. The molecule has 2 heterocycles. The Balaban J connectivity index is 1.90. The van der Waals surface area contributed by atoms with E-state index in [4.69, 9.17) is 0 Å². The molecule has 0 atom stereocenters. The van der Waals surface area contributed by atoms with Crippen molar-refractivity contribution in [3.63, 3.8) is 0 Å². The third kappa shape index (κ3) is 3.97. The highest BCUT2D eigenvalue weighted by atomic mass is 79.9. The van der Waals surface area contributed by atoms with Crippen LogP contribution in [0.3, 0.4) is 0 Å². The first-order valence-corrected chi connectivity index (χ1v) is 11.2. The van der Waals surface area contributed by atoms with E-state index in [1.165, 1.54) is 4.31 Å². The van der Waals surface area contributed by atoms with Crippen LogP contribution in [0.25, 0.3) is 0 Å². The minimum absolute atomic E-state index is 0.224. The van der Waals surface area contributed by atoms with E-state index in [-0.39, 0.29) is 16.5 Å². The van der Waals surface area contributed by atoms with Gasteiger partial charge < -0.3 is 10.3 Å². The first-order chi connectivity index (χ1) is 12.7. The van der Waals surface area contributed by atoms with E-state index in [0.717, 1.165) is 29.3 Å². The second kappa shape index (κ2) is 7.77. The summed E-state index contributed by atoms with van der Waals surface area (Å²) in [6.07, 6.45) is 2.80. The molecule has 1 aromatic carbocycles. The number of nitrogens with one attached hydrogen (secondary N) is 2. The van der Waals surface area contributed by atoms with E-state index in [1.807, 2.05) is 19.1 Å². The molecule has 1 aliphatic heterocycles. The van der Waals surface area contributed by atoms with Crippen molar-refractivity contribution in [3.05, 3.63) is 45.2 Å². The van der Waals surface area contributed by atoms with Gasteiger partial charge in [0.05, 0.1) is 0 Å². The summed E-state index contributed by atoms with van der Waals surface area (Å²) in [5.74, 6) is -0.350. The molecule has 1 fully saturated rings. The van der Waals surface area contributed by atoms with Gasteiger partial charge in [-0.25, -0.2) is 8.42 Å². The Bertz CT molecular complexity index is 976. The maximum atomic E-state index is 13.1. The SMILES string of the molecule is Cc1cc(NC(=O)c2[nH]c(C)c(S(=O)(=O)N3CCCCC3)c2C)ccc1Br. The Morgan fingerprint density at radius 1 is 1.15 bits per heavy atom. The smallest absolute Gasteiger partial charge is 0.272 e. The van der Waals surface area contributed by atoms with Crippen LogP contribution in [0.1, 0.15) is 46.6 Å². The Kier molecular flexibility index (Phi) is 5.79. The molecule has 0 saturated carbocycles. The number of aryl methyl sites for hydroxylation is 2. The van der Waals surface area contributed by atoms with Crippen LogP contribution in [0.2, 0.25) is 0 Å². The Morgan fingerprint density at radius 2 is 1.81 bits per heavy atom. The highest BCUT2D eigenvalue weighted by Crippen LogP contribution is 2.29. The van der Waals surface area contributed by atoms with Crippen molar-refractivity contribution in [1.82, 2.24) is 9.29 Å². The molecular formula is C19H24BrN3O3S. The molecule has 0 aliphatic carbocycles. The van der Waals surface area contributed by atoms with Crippen LogP contribution in [0.4, 0.5) is 5.69 Å². The fourth-order valence-corrected chi connectivity index (χ4v) is 5.67. The van der Waals surface area contributed by atoms with Crippen LogP contribution in [0.5, 0.6) is 0 Å². The molecule has 6 nitrogen and oxygen atoms in total. The van der Waals surface area contributed by atoms with Crippen molar-refractivity contribution >= 4 is 37.5 Å². The molecular weight excluding hydrogens is 430 g/mol. The van der Waals surface area contributed by atoms with Gasteiger partial charge in [0, 0.05) is 28.9 Å². The fourth-order valence-electron chi connectivity index (χ4n) is 3.50. The maximum Gasteiger partial charge on any atom is 0.272 e. The summed E-state index contributed by atoms with van der Waals surface area (Å²) < 4.78 is 28.6. The molecule has 1 aliphatic rings. The summed E-state index contributed by atoms with van der Waals surface area (Å²) in [4.78, 5) is 15.9. The number of piperidine rings is 1. The largest absolute Gasteiger partial charge is 0.353 e. The number of H-pyrrole nitrogens is 1. The van der Waals surface area contributed by atoms with Crippen LogP contribution >= 0.6 is 15.9 Å². The lowest BCUT2D eigenvalue weighted by Gasteiger charge is -2.26.